The molecule has 0 spiro atoms. The molecule has 1 amide bonds. The van der Waals surface area contributed by atoms with Crippen LogP contribution in [-0.2, 0) is 16.1 Å². The molecule has 0 saturated carbocycles. The summed E-state index contributed by atoms with van der Waals surface area (Å²) in [5.74, 6) is -1.36. The van der Waals surface area contributed by atoms with Gasteiger partial charge in [-0.15, -0.1) is 0 Å². The van der Waals surface area contributed by atoms with Crippen LogP contribution in [0.25, 0.3) is 0 Å². The molecule has 1 saturated heterocycles. The zero-order valence-electron chi connectivity index (χ0n) is 8.01. The molecule has 5 nitrogen and oxygen atoms in total. The molecule has 1 atom stereocenters. The van der Waals surface area contributed by atoms with Crippen molar-refractivity contribution >= 4 is 11.9 Å². The van der Waals surface area contributed by atoms with Crippen LogP contribution in [0.3, 0.4) is 0 Å². The Morgan fingerprint density at radius 1 is 1.67 bits per heavy atom. The maximum atomic E-state index is 11.4. The average Bonchev–Trinajstić information content (AvgIpc) is 2.77. The van der Waals surface area contributed by atoms with Crippen molar-refractivity contribution in [3.05, 3.63) is 24.2 Å². The zero-order valence-corrected chi connectivity index (χ0v) is 8.01. The van der Waals surface area contributed by atoms with Crippen LogP contribution in [0.15, 0.2) is 22.8 Å². The molecular weight excluding hydrogens is 198 g/mol. The summed E-state index contributed by atoms with van der Waals surface area (Å²) >= 11 is 0. The van der Waals surface area contributed by atoms with Crippen LogP contribution in [0.5, 0.6) is 0 Å². The molecule has 80 valence electrons. The van der Waals surface area contributed by atoms with E-state index in [4.69, 9.17) is 4.42 Å². The fraction of sp³-hybridized carbons (Fsp3) is 0.400. The van der Waals surface area contributed by atoms with Crippen molar-refractivity contribution in [1.82, 2.24) is 4.90 Å². The van der Waals surface area contributed by atoms with Gasteiger partial charge in [0, 0.05) is 24.9 Å². The summed E-state index contributed by atoms with van der Waals surface area (Å²) in [6.07, 6.45) is 1.55. The quantitative estimate of drug-likeness (QED) is 0.663. The van der Waals surface area contributed by atoms with Gasteiger partial charge in [0.25, 0.3) is 0 Å². The van der Waals surface area contributed by atoms with Crippen LogP contribution >= 0.6 is 0 Å². The second-order valence-corrected chi connectivity index (χ2v) is 3.57. The monoisotopic (exact) mass is 208 g/mol. The Morgan fingerprint density at radius 2 is 2.47 bits per heavy atom. The van der Waals surface area contributed by atoms with Gasteiger partial charge in [-0.2, -0.15) is 0 Å². The lowest BCUT2D eigenvalue weighted by molar-refractivity contribution is -0.311. The summed E-state index contributed by atoms with van der Waals surface area (Å²) in [5, 5.41) is 10.6. The van der Waals surface area contributed by atoms with Crippen molar-refractivity contribution < 1.29 is 19.1 Å². The Kier molecular flexibility index (Phi) is 2.45. The molecule has 2 rings (SSSR count). The number of likely N-dealkylation sites (tertiary alicyclic amines) is 1. The molecule has 5 heteroatoms. The van der Waals surface area contributed by atoms with Crippen LogP contribution < -0.4 is 5.11 Å². The predicted molar refractivity (Wildman–Crippen MR) is 47.2 cm³/mol. The van der Waals surface area contributed by atoms with E-state index < -0.39 is 11.9 Å². The van der Waals surface area contributed by atoms with E-state index in [1.165, 1.54) is 11.2 Å². The zero-order chi connectivity index (χ0) is 10.8. The number of carbonyl (C=O) groups excluding carboxylic acids is 2. The highest BCUT2D eigenvalue weighted by molar-refractivity contribution is 5.85. The van der Waals surface area contributed by atoms with E-state index in [0.29, 0.717) is 12.3 Å². The molecule has 1 aliphatic heterocycles. The number of furan rings is 1. The van der Waals surface area contributed by atoms with Gasteiger partial charge in [0.15, 0.2) is 0 Å². The summed E-state index contributed by atoms with van der Waals surface area (Å²) in [5.41, 5.74) is 0. The van der Waals surface area contributed by atoms with Gasteiger partial charge in [0.2, 0.25) is 5.91 Å². The minimum atomic E-state index is -1.16. The van der Waals surface area contributed by atoms with E-state index in [-0.39, 0.29) is 18.9 Å². The minimum Gasteiger partial charge on any atom is -0.550 e. The third-order valence-corrected chi connectivity index (χ3v) is 2.47. The van der Waals surface area contributed by atoms with Crippen LogP contribution in [0.1, 0.15) is 12.2 Å². The number of carbonyl (C=O) groups is 2. The number of hydrogen-bond acceptors (Lipinski definition) is 4. The number of nitrogens with zero attached hydrogens (tertiary/aromatic N) is 1. The Balaban J connectivity index is 2.00. The lowest BCUT2D eigenvalue weighted by Gasteiger charge is -2.15. The van der Waals surface area contributed by atoms with E-state index in [1.807, 2.05) is 0 Å². The van der Waals surface area contributed by atoms with E-state index in [1.54, 1.807) is 12.1 Å². The lowest BCUT2D eigenvalue weighted by Crippen LogP contribution is -2.33. The normalized spacial score (nSPS) is 20.9. The molecule has 0 aliphatic carbocycles. The highest BCUT2D eigenvalue weighted by Crippen LogP contribution is 2.19. The number of carboxylic acid groups (broad SMARTS) is 1. The molecule has 1 fully saturated rings. The highest BCUT2D eigenvalue weighted by atomic mass is 16.4. The van der Waals surface area contributed by atoms with E-state index >= 15 is 0 Å². The Hall–Kier alpha value is -1.78. The first-order chi connectivity index (χ1) is 7.16. The molecule has 15 heavy (non-hydrogen) atoms. The number of rotatable bonds is 3. The van der Waals surface area contributed by atoms with Gasteiger partial charge in [-0.3, -0.25) is 4.79 Å². The van der Waals surface area contributed by atoms with Gasteiger partial charge in [0.1, 0.15) is 5.76 Å². The second kappa shape index (κ2) is 3.76. The van der Waals surface area contributed by atoms with Crippen LogP contribution in [0, 0.1) is 5.92 Å². The van der Waals surface area contributed by atoms with Crippen molar-refractivity contribution in [3.63, 3.8) is 0 Å². The molecule has 0 N–H and O–H groups in total. The van der Waals surface area contributed by atoms with Crippen molar-refractivity contribution in [3.8, 4) is 0 Å². The highest BCUT2D eigenvalue weighted by Gasteiger charge is 2.30. The molecular formula is C10H10NO4-. The first kappa shape index (κ1) is 9.76. The smallest absolute Gasteiger partial charge is 0.223 e. The molecule has 1 aliphatic rings. The third-order valence-electron chi connectivity index (χ3n) is 2.47. The predicted octanol–water partition coefficient (Wildman–Crippen LogP) is -0.622. The maximum absolute atomic E-state index is 11.4. The lowest BCUT2D eigenvalue weighted by atomic mass is 10.1. The van der Waals surface area contributed by atoms with Gasteiger partial charge < -0.3 is 19.2 Å². The summed E-state index contributed by atoms with van der Waals surface area (Å²) in [6, 6.07) is 3.48. The molecule has 0 unspecified atom stereocenters. The Morgan fingerprint density at radius 3 is 3.00 bits per heavy atom. The average molecular weight is 208 g/mol. The molecule has 2 heterocycles. The first-order valence-corrected chi connectivity index (χ1v) is 4.68. The largest absolute Gasteiger partial charge is 0.550 e. The summed E-state index contributed by atoms with van der Waals surface area (Å²) in [7, 11) is 0. The SMILES string of the molecule is O=C([O-])[C@H]1CC(=O)N(Cc2ccco2)C1. The number of carboxylic acids is 1. The third kappa shape index (κ3) is 2.01. The molecule has 0 radical (unpaired) electrons. The van der Waals surface area contributed by atoms with Crippen molar-refractivity contribution in [2.75, 3.05) is 6.54 Å². The number of amides is 1. The fourth-order valence-corrected chi connectivity index (χ4v) is 1.67. The summed E-state index contributed by atoms with van der Waals surface area (Å²) < 4.78 is 5.08. The van der Waals surface area contributed by atoms with Crippen molar-refractivity contribution in [1.29, 1.82) is 0 Å². The van der Waals surface area contributed by atoms with Crippen LogP contribution in [0.4, 0.5) is 0 Å². The molecule has 1 aromatic heterocycles. The molecule has 1 aromatic rings. The minimum absolute atomic E-state index is 0.0308. The Bertz CT molecular complexity index is 371. The van der Waals surface area contributed by atoms with Gasteiger partial charge in [-0.1, -0.05) is 0 Å². The topological polar surface area (TPSA) is 73.6 Å². The van der Waals surface area contributed by atoms with Crippen molar-refractivity contribution in [2.45, 2.75) is 13.0 Å². The van der Waals surface area contributed by atoms with E-state index in [2.05, 4.69) is 0 Å². The van der Waals surface area contributed by atoms with Crippen LogP contribution in [-0.4, -0.2) is 23.3 Å². The van der Waals surface area contributed by atoms with Crippen LogP contribution in [0.2, 0.25) is 0 Å². The first-order valence-electron chi connectivity index (χ1n) is 4.68. The van der Waals surface area contributed by atoms with Gasteiger partial charge in [0.05, 0.1) is 12.8 Å². The molecule has 0 aromatic carbocycles. The van der Waals surface area contributed by atoms with E-state index in [9.17, 15) is 14.7 Å². The van der Waals surface area contributed by atoms with Gasteiger partial charge >= 0.3 is 0 Å². The summed E-state index contributed by atoms with van der Waals surface area (Å²) in [6.45, 7) is 0.539. The standard InChI is InChI=1S/C10H11NO4/c12-9-4-7(10(13)14)5-11(9)6-8-2-1-3-15-8/h1-3,7H,4-6H2,(H,13,14)/p-1/t7-/m0/s1. The number of hydrogen-bond donors (Lipinski definition) is 0. The van der Waals surface area contributed by atoms with Crippen molar-refractivity contribution in [2.24, 2.45) is 5.92 Å². The van der Waals surface area contributed by atoms with E-state index in [0.717, 1.165) is 0 Å². The summed E-state index contributed by atoms with van der Waals surface area (Å²) in [4.78, 5) is 23.5. The number of aliphatic carboxylic acids is 1. The Labute approximate surface area is 86.3 Å². The second-order valence-electron chi connectivity index (χ2n) is 3.57. The fourth-order valence-electron chi connectivity index (χ4n) is 1.67. The maximum Gasteiger partial charge on any atom is 0.223 e. The molecule has 0 bridgehead atoms. The van der Waals surface area contributed by atoms with Gasteiger partial charge in [-0.25, -0.2) is 0 Å². The van der Waals surface area contributed by atoms with Gasteiger partial charge in [-0.05, 0) is 12.1 Å².